The minimum Gasteiger partial charge on any atom is -0.375 e. The molecule has 1 aliphatic heterocycles. The number of carbonyl (C=O) groups excluding carboxylic acids is 1. The Kier molecular flexibility index (Phi) is 4.74. The molecule has 1 aliphatic rings. The van der Waals surface area contributed by atoms with Gasteiger partial charge in [-0.1, -0.05) is 6.07 Å². The fraction of sp³-hybridized carbons (Fsp3) is 0.571. The van der Waals surface area contributed by atoms with E-state index in [-0.39, 0.29) is 12.5 Å². The molecule has 0 atom stereocenters. The Balaban J connectivity index is 1.87. The first kappa shape index (κ1) is 13.8. The van der Waals surface area contributed by atoms with E-state index in [2.05, 4.69) is 9.88 Å². The van der Waals surface area contributed by atoms with Gasteiger partial charge in [-0.25, -0.2) is 4.98 Å². The number of hydrogen-bond donors (Lipinski definition) is 0. The van der Waals surface area contributed by atoms with Crippen molar-refractivity contribution in [2.24, 2.45) is 0 Å². The summed E-state index contributed by atoms with van der Waals surface area (Å²) in [6.45, 7) is 2.04. The molecule has 1 aromatic rings. The second kappa shape index (κ2) is 6.52. The van der Waals surface area contributed by atoms with Gasteiger partial charge in [0.05, 0.1) is 0 Å². The quantitative estimate of drug-likeness (QED) is 0.817. The molecule has 5 heteroatoms. The van der Waals surface area contributed by atoms with E-state index in [4.69, 9.17) is 4.74 Å². The number of aromatic nitrogens is 1. The van der Waals surface area contributed by atoms with Crippen molar-refractivity contribution in [1.82, 2.24) is 9.88 Å². The van der Waals surface area contributed by atoms with Crippen LogP contribution in [0.1, 0.15) is 12.8 Å². The molecular weight excluding hydrogens is 242 g/mol. The topological polar surface area (TPSA) is 45.7 Å². The predicted octanol–water partition coefficient (Wildman–Crippen LogP) is 1.16. The molecule has 2 heterocycles. The third-order valence-electron chi connectivity index (χ3n) is 3.65. The first-order chi connectivity index (χ1) is 9.22. The minimum absolute atomic E-state index is 0.0544. The van der Waals surface area contributed by atoms with Crippen LogP contribution in [0.4, 0.5) is 5.82 Å². The Labute approximate surface area is 114 Å². The average Bonchev–Trinajstić information content (AvgIpc) is 2.48. The summed E-state index contributed by atoms with van der Waals surface area (Å²) in [5.41, 5.74) is 0. The Morgan fingerprint density at radius 1 is 1.47 bits per heavy atom. The summed E-state index contributed by atoms with van der Waals surface area (Å²) >= 11 is 0. The largest absolute Gasteiger partial charge is 0.375 e. The van der Waals surface area contributed by atoms with E-state index in [0.29, 0.717) is 6.04 Å². The molecule has 1 amide bonds. The van der Waals surface area contributed by atoms with Gasteiger partial charge in [-0.05, 0) is 25.0 Å². The monoisotopic (exact) mass is 263 g/mol. The molecule has 0 N–H and O–H groups in total. The maximum Gasteiger partial charge on any atom is 0.248 e. The molecule has 0 bridgehead atoms. The lowest BCUT2D eigenvalue weighted by Gasteiger charge is -2.37. The number of pyridine rings is 1. The van der Waals surface area contributed by atoms with Gasteiger partial charge in [0.2, 0.25) is 5.91 Å². The molecule has 104 valence electrons. The van der Waals surface area contributed by atoms with Crippen LogP contribution in [-0.4, -0.2) is 55.7 Å². The Bertz CT molecular complexity index is 402. The predicted molar refractivity (Wildman–Crippen MR) is 74.1 cm³/mol. The van der Waals surface area contributed by atoms with Crippen molar-refractivity contribution in [1.29, 1.82) is 0 Å². The van der Waals surface area contributed by atoms with Crippen LogP contribution >= 0.6 is 0 Å². The van der Waals surface area contributed by atoms with Gasteiger partial charge in [0.25, 0.3) is 0 Å². The number of carbonyl (C=O) groups is 1. The van der Waals surface area contributed by atoms with Gasteiger partial charge < -0.3 is 14.5 Å². The lowest BCUT2D eigenvalue weighted by atomic mass is 10.0. The second-order valence-corrected chi connectivity index (χ2v) is 4.84. The first-order valence-corrected chi connectivity index (χ1v) is 6.63. The first-order valence-electron chi connectivity index (χ1n) is 6.63. The molecule has 2 rings (SSSR count). The highest BCUT2D eigenvalue weighted by molar-refractivity contribution is 5.77. The van der Waals surface area contributed by atoms with Crippen LogP contribution in [-0.2, 0) is 9.53 Å². The van der Waals surface area contributed by atoms with Crippen molar-refractivity contribution < 1.29 is 9.53 Å². The highest BCUT2D eigenvalue weighted by Crippen LogP contribution is 2.20. The number of rotatable bonds is 4. The van der Waals surface area contributed by atoms with Crippen LogP contribution in [0.3, 0.4) is 0 Å². The Morgan fingerprint density at radius 2 is 2.21 bits per heavy atom. The summed E-state index contributed by atoms with van der Waals surface area (Å²) in [5.74, 6) is 1.07. The molecule has 19 heavy (non-hydrogen) atoms. The van der Waals surface area contributed by atoms with E-state index in [0.717, 1.165) is 31.7 Å². The van der Waals surface area contributed by atoms with Crippen LogP contribution in [0.25, 0.3) is 0 Å². The summed E-state index contributed by atoms with van der Waals surface area (Å²) in [4.78, 5) is 20.2. The van der Waals surface area contributed by atoms with E-state index >= 15 is 0 Å². The molecule has 5 nitrogen and oxygen atoms in total. The number of methoxy groups -OCH3 is 1. The van der Waals surface area contributed by atoms with Gasteiger partial charge in [-0.3, -0.25) is 4.79 Å². The van der Waals surface area contributed by atoms with E-state index in [1.54, 1.807) is 7.11 Å². The highest BCUT2D eigenvalue weighted by atomic mass is 16.5. The summed E-state index contributed by atoms with van der Waals surface area (Å²) in [7, 11) is 3.41. The standard InChI is InChI=1S/C14H21N3O2/c1-16(14(18)11-19-2)12-6-9-17(10-7-12)13-5-3-4-8-15-13/h3-5,8,12H,6-7,9-11H2,1-2H3. The van der Waals surface area contributed by atoms with E-state index in [1.165, 1.54) is 0 Å². The van der Waals surface area contributed by atoms with Gasteiger partial charge in [0, 0.05) is 39.5 Å². The van der Waals surface area contributed by atoms with Crippen LogP contribution < -0.4 is 4.90 Å². The summed E-state index contributed by atoms with van der Waals surface area (Å²) in [6.07, 6.45) is 3.76. The van der Waals surface area contributed by atoms with E-state index in [1.807, 2.05) is 36.3 Å². The zero-order valence-corrected chi connectivity index (χ0v) is 11.6. The smallest absolute Gasteiger partial charge is 0.248 e. The molecule has 1 aromatic heterocycles. The summed E-state index contributed by atoms with van der Waals surface area (Å²) < 4.78 is 4.89. The van der Waals surface area contributed by atoms with Crippen molar-refractivity contribution in [2.45, 2.75) is 18.9 Å². The minimum atomic E-state index is 0.0544. The molecule has 1 fully saturated rings. The van der Waals surface area contributed by atoms with Crippen molar-refractivity contribution in [2.75, 3.05) is 38.8 Å². The van der Waals surface area contributed by atoms with Gasteiger partial charge in [0.1, 0.15) is 12.4 Å². The number of ether oxygens (including phenoxy) is 1. The van der Waals surface area contributed by atoms with Crippen molar-refractivity contribution in [3.05, 3.63) is 24.4 Å². The lowest BCUT2D eigenvalue weighted by Crippen LogP contribution is -2.46. The zero-order valence-electron chi connectivity index (χ0n) is 11.6. The molecule has 0 radical (unpaired) electrons. The number of amides is 1. The summed E-state index contributed by atoms with van der Waals surface area (Å²) in [6, 6.07) is 6.26. The number of nitrogens with zero attached hydrogens (tertiary/aromatic N) is 3. The van der Waals surface area contributed by atoms with E-state index in [9.17, 15) is 4.79 Å². The maximum absolute atomic E-state index is 11.8. The van der Waals surface area contributed by atoms with Crippen LogP contribution in [0.15, 0.2) is 24.4 Å². The molecular formula is C14H21N3O2. The molecule has 0 aliphatic carbocycles. The Morgan fingerprint density at radius 3 is 2.79 bits per heavy atom. The van der Waals surface area contributed by atoms with Gasteiger partial charge in [0.15, 0.2) is 0 Å². The molecule has 0 spiro atoms. The molecule has 0 saturated carbocycles. The SMILES string of the molecule is COCC(=O)N(C)C1CCN(c2ccccn2)CC1. The molecule has 0 aromatic carbocycles. The number of likely N-dealkylation sites (N-methyl/N-ethyl adjacent to an activating group) is 1. The van der Waals surface area contributed by atoms with Gasteiger partial charge >= 0.3 is 0 Å². The Hall–Kier alpha value is -1.62. The second-order valence-electron chi connectivity index (χ2n) is 4.84. The van der Waals surface area contributed by atoms with Crippen molar-refractivity contribution >= 4 is 11.7 Å². The number of piperidine rings is 1. The zero-order chi connectivity index (χ0) is 13.7. The van der Waals surface area contributed by atoms with Crippen molar-refractivity contribution in [3.8, 4) is 0 Å². The number of anilines is 1. The molecule has 1 saturated heterocycles. The third kappa shape index (κ3) is 3.44. The average molecular weight is 263 g/mol. The van der Waals surface area contributed by atoms with Crippen LogP contribution in [0.2, 0.25) is 0 Å². The van der Waals surface area contributed by atoms with E-state index < -0.39 is 0 Å². The van der Waals surface area contributed by atoms with Crippen molar-refractivity contribution in [3.63, 3.8) is 0 Å². The maximum atomic E-state index is 11.8. The van der Waals surface area contributed by atoms with Gasteiger partial charge in [-0.15, -0.1) is 0 Å². The van der Waals surface area contributed by atoms with Crippen LogP contribution in [0.5, 0.6) is 0 Å². The highest BCUT2D eigenvalue weighted by Gasteiger charge is 2.25. The molecule has 0 unspecified atom stereocenters. The lowest BCUT2D eigenvalue weighted by molar-refractivity contribution is -0.136. The van der Waals surface area contributed by atoms with Gasteiger partial charge in [-0.2, -0.15) is 0 Å². The summed E-state index contributed by atoms with van der Waals surface area (Å²) in [5, 5.41) is 0. The normalized spacial score (nSPS) is 16.4. The fourth-order valence-electron chi connectivity index (χ4n) is 2.45. The van der Waals surface area contributed by atoms with Crippen LogP contribution in [0, 0.1) is 0 Å². The fourth-order valence-corrected chi connectivity index (χ4v) is 2.45. The third-order valence-corrected chi connectivity index (χ3v) is 3.65. The number of hydrogen-bond acceptors (Lipinski definition) is 4.